The zero-order valence-electron chi connectivity index (χ0n) is 14.3. The van der Waals surface area contributed by atoms with Crippen molar-refractivity contribution in [2.75, 3.05) is 40.9 Å². The summed E-state index contributed by atoms with van der Waals surface area (Å²) in [5.41, 5.74) is 0.152. The molecule has 1 amide bonds. The third-order valence-electron chi connectivity index (χ3n) is 4.26. The molecule has 1 aliphatic heterocycles. The predicted molar refractivity (Wildman–Crippen MR) is 88.9 cm³/mol. The highest BCUT2D eigenvalue weighted by Crippen LogP contribution is 2.36. The standard InChI is InChI=1S/C15H23N3O5S/c1-10-9-18(8-7-17(10)2)15(19)11-5-6-12(22-3)14(13(11)23-4)24(16,20)21/h5-6,10H,7-9H2,1-4H3,(H2,16,20,21). The molecule has 9 heteroatoms. The second-order valence-electron chi connectivity index (χ2n) is 5.80. The molecule has 0 saturated carbocycles. The van der Waals surface area contributed by atoms with Gasteiger partial charge in [0.1, 0.15) is 5.75 Å². The number of likely N-dealkylation sites (N-methyl/N-ethyl adjacent to an activating group) is 1. The molecule has 1 aliphatic rings. The number of amides is 1. The van der Waals surface area contributed by atoms with Crippen LogP contribution in [0, 0.1) is 0 Å². The Labute approximate surface area is 142 Å². The van der Waals surface area contributed by atoms with E-state index in [-0.39, 0.29) is 33.9 Å². The summed E-state index contributed by atoms with van der Waals surface area (Å²) in [6.07, 6.45) is 0. The van der Waals surface area contributed by atoms with E-state index in [1.807, 2.05) is 14.0 Å². The van der Waals surface area contributed by atoms with Gasteiger partial charge in [-0.25, -0.2) is 13.6 Å². The number of nitrogens with zero attached hydrogens (tertiary/aromatic N) is 2. The lowest BCUT2D eigenvalue weighted by Gasteiger charge is -2.37. The van der Waals surface area contributed by atoms with Gasteiger partial charge in [0.05, 0.1) is 19.8 Å². The summed E-state index contributed by atoms with van der Waals surface area (Å²) in [5, 5.41) is 5.28. The third-order valence-corrected chi connectivity index (χ3v) is 5.22. The van der Waals surface area contributed by atoms with Crippen LogP contribution in [0.1, 0.15) is 17.3 Å². The number of hydrogen-bond donors (Lipinski definition) is 1. The van der Waals surface area contributed by atoms with E-state index >= 15 is 0 Å². The quantitative estimate of drug-likeness (QED) is 0.822. The fourth-order valence-electron chi connectivity index (χ4n) is 2.75. The summed E-state index contributed by atoms with van der Waals surface area (Å²) >= 11 is 0. The lowest BCUT2D eigenvalue weighted by Crippen LogP contribution is -2.52. The van der Waals surface area contributed by atoms with Gasteiger partial charge in [0, 0.05) is 25.7 Å². The number of hydrogen-bond acceptors (Lipinski definition) is 6. The Balaban J connectivity index is 2.49. The van der Waals surface area contributed by atoms with E-state index in [4.69, 9.17) is 14.6 Å². The monoisotopic (exact) mass is 357 g/mol. The van der Waals surface area contributed by atoms with Gasteiger partial charge in [0.15, 0.2) is 10.6 Å². The molecule has 0 aliphatic carbocycles. The molecule has 134 valence electrons. The summed E-state index contributed by atoms with van der Waals surface area (Å²) in [4.78, 5) is 16.4. The number of carbonyl (C=O) groups is 1. The highest BCUT2D eigenvalue weighted by atomic mass is 32.2. The van der Waals surface area contributed by atoms with Crippen molar-refractivity contribution in [2.45, 2.75) is 17.9 Å². The van der Waals surface area contributed by atoms with Crippen molar-refractivity contribution in [1.29, 1.82) is 0 Å². The molecule has 1 fully saturated rings. The van der Waals surface area contributed by atoms with Crippen molar-refractivity contribution in [2.24, 2.45) is 5.14 Å². The van der Waals surface area contributed by atoms with Crippen LogP contribution < -0.4 is 14.6 Å². The lowest BCUT2D eigenvalue weighted by molar-refractivity contribution is 0.0569. The highest BCUT2D eigenvalue weighted by Gasteiger charge is 2.31. The van der Waals surface area contributed by atoms with E-state index in [0.717, 1.165) is 6.54 Å². The summed E-state index contributed by atoms with van der Waals surface area (Å²) in [5.74, 6) is -0.342. The van der Waals surface area contributed by atoms with E-state index in [1.165, 1.54) is 26.4 Å². The van der Waals surface area contributed by atoms with Crippen LogP contribution in [0.5, 0.6) is 11.5 Å². The smallest absolute Gasteiger partial charge is 0.257 e. The average Bonchev–Trinajstić information content (AvgIpc) is 2.54. The Morgan fingerprint density at radius 1 is 1.25 bits per heavy atom. The van der Waals surface area contributed by atoms with Gasteiger partial charge in [-0.2, -0.15) is 0 Å². The van der Waals surface area contributed by atoms with Gasteiger partial charge < -0.3 is 19.3 Å². The fraction of sp³-hybridized carbons (Fsp3) is 0.533. The second kappa shape index (κ2) is 6.96. The van der Waals surface area contributed by atoms with E-state index in [9.17, 15) is 13.2 Å². The average molecular weight is 357 g/mol. The molecule has 1 saturated heterocycles. The minimum absolute atomic E-state index is 0.0395. The molecule has 0 bridgehead atoms. The lowest BCUT2D eigenvalue weighted by atomic mass is 10.1. The number of ether oxygens (including phenoxy) is 2. The molecule has 1 atom stereocenters. The molecule has 1 aromatic rings. The maximum Gasteiger partial charge on any atom is 0.257 e. The molecule has 2 rings (SSSR count). The van der Waals surface area contributed by atoms with Crippen LogP contribution in [0.3, 0.4) is 0 Å². The summed E-state index contributed by atoms with van der Waals surface area (Å²) in [7, 11) is 0.501. The van der Waals surface area contributed by atoms with Crippen molar-refractivity contribution >= 4 is 15.9 Å². The number of primary sulfonamides is 1. The van der Waals surface area contributed by atoms with Crippen molar-refractivity contribution < 1.29 is 22.7 Å². The van der Waals surface area contributed by atoms with Crippen molar-refractivity contribution in [1.82, 2.24) is 9.80 Å². The van der Waals surface area contributed by atoms with Crippen LogP contribution >= 0.6 is 0 Å². The Hall–Kier alpha value is -1.84. The number of piperazine rings is 1. The van der Waals surface area contributed by atoms with E-state index in [0.29, 0.717) is 13.1 Å². The Morgan fingerprint density at radius 2 is 1.92 bits per heavy atom. The molecule has 24 heavy (non-hydrogen) atoms. The zero-order chi connectivity index (χ0) is 18.1. The first kappa shape index (κ1) is 18.5. The Bertz CT molecular complexity index is 735. The molecule has 2 N–H and O–H groups in total. The van der Waals surface area contributed by atoms with Crippen LogP contribution in [0.2, 0.25) is 0 Å². The van der Waals surface area contributed by atoms with Crippen LogP contribution in [0.15, 0.2) is 17.0 Å². The van der Waals surface area contributed by atoms with E-state index in [2.05, 4.69) is 4.90 Å². The van der Waals surface area contributed by atoms with Crippen molar-refractivity contribution in [3.63, 3.8) is 0 Å². The number of rotatable bonds is 4. The minimum atomic E-state index is -4.12. The van der Waals surface area contributed by atoms with Gasteiger partial charge in [0.25, 0.3) is 5.91 Å². The van der Waals surface area contributed by atoms with Gasteiger partial charge >= 0.3 is 0 Å². The molecule has 0 spiro atoms. The summed E-state index contributed by atoms with van der Waals surface area (Å²) < 4.78 is 34.1. The Morgan fingerprint density at radius 3 is 2.42 bits per heavy atom. The first-order chi connectivity index (χ1) is 11.2. The third kappa shape index (κ3) is 3.47. The summed E-state index contributed by atoms with van der Waals surface area (Å²) in [6, 6.07) is 3.12. The van der Waals surface area contributed by atoms with Crippen LogP contribution in [0.4, 0.5) is 0 Å². The number of nitrogens with two attached hydrogens (primary N) is 1. The van der Waals surface area contributed by atoms with Crippen LogP contribution in [-0.2, 0) is 10.0 Å². The molecular weight excluding hydrogens is 334 g/mol. The number of sulfonamides is 1. The Kier molecular flexibility index (Phi) is 5.36. The van der Waals surface area contributed by atoms with Gasteiger partial charge in [0.2, 0.25) is 10.0 Å². The van der Waals surface area contributed by atoms with Crippen LogP contribution in [-0.4, -0.2) is 71.1 Å². The molecule has 1 heterocycles. The predicted octanol–water partition coefficient (Wildman–Crippen LogP) is 0.127. The zero-order valence-corrected chi connectivity index (χ0v) is 15.1. The largest absolute Gasteiger partial charge is 0.495 e. The van der Waals surface area contributed by atoms with Crippen molar-refractivity contribution in [3.8, 4) is 11.5 Å². The normalized spacial score (nSPS) is 19.2. The first-order valence-corrected chi connectivity index (χ1v) is 9.02. The van der Waals surface area contributed by atoms with E-state index < -0.39 is 10.0 Å². The maximum absolute atomic E-state index is 12.9. The number of carbonyl (C=O) groups excluding carboxylic acids is 1. The van der Waals surface area contributed by atoms with Crippen LogP contribution in [0.25, 0.3) is 0 Å². The maximum atomic E-state index is 12.9. The second-order valence-corrected chi connectivity index (χ2v) is 7.30. The molecule has 8 nitrogen and oxygen atoms in total. The van der Waals surface area contributed by atoms with Gasteiger partial charge in [-0.05, 0) is 26.1 Å². The molecular formula is C15H23N3O5S. The first-order valence-electron chi connectivity index (χ1n) is 7.48. The fourth-order valence-corrected chi connectivity index (χ4v) is 3.63. The SMILES string of the molecule is COc1ccc(C(=O)N2CCN(C)C(C)C2)c(OC)c1S(N)(=O)=O. The highest BCUT2D eigenvalue weighted by molar-refractivity contribution is 7.89. The minimum Gasteiger partial charge on any atom is -0.495 e. The summed E-state index contributed by atoms with van der Waals surface area (Å²) in [6.45, 7) is 3.88. The van der Waals surface area contributed by atoms with Gasteiger partial charge in [-0.15, -0.1) is 0 Å². The van der Waals surface area contributed by atoms with Crippen molar-refractivity contribution in [3.05, 3.63) is 17.7 Å². The topological polar surface area (TPSA) is 102 Å². The number of benzene rings is 1. The molecule has 1 aromatic carbocycles. The molecule has 0 aromatic heterocycles. The van der Waals surface area contributed by atoms with E-state index in [1.54, 1.807) is 4.90 Å². The molecule has 0 radical (unpaired) electrons. The van der Waals surface area contributed by atoms with Gasteiger partial charge in [-0.3, -0.25) is 4.79 Å². The van der Waals surface area contributed by atoms with Gasteiger partial charge in [-0.1, -0.05) is 0 Å². The number of methoxy groups -OCH3 is 2. The molecule has 1 unspecified atom stereocenters.